The first-order chi connectivity index (χ1) is 13.2. The van der Waals surface area contributed by atoms with Crippen LogP contribution in [-0.2, 0) is 10.9 Å². The molecule has 134 valence electrons. The van der Waals surface area contributed by atoms with E-state index < -0.39 is 10.9 Å². The van der Waals surface area contributed by atoms with Crippen molar-refractivity contribution in [3.63, 3.8) is 0 Å². The molecule has 0 amide bonds. The molecule has 0 saturated heterocycles. The van der Waals surface area contributed by atoms with Crippen LogP contribution in [-0.4, -0.2) is 13.4 Å². The lowest BCUT2D eigenvalue weighted by molar-refractivity contribution is 0.619. The lowest BCUT2D eigenvalue weighted by Crippen LogP contribution is -1.94. The summed E-state index contributed by atoms with van der Waals surface area (Å²) in [6, 6.07) is 25.5. The van der Waals surface area contributed by atoms with Gasteiger partial charge in [0, 0.05) is 22.2 Å². The van der Waals surface area contributed by atoms with Gasteiger partial charge in [-0.3, -0.25) is 4.72 Å². The number of thiol groups is 1. The molecule has 4 nitrogen and oxygen atoms in total. The van der Waals surface area contributed by atoms with E-state index in [9.17, 15) is 8.42 Å². The van der Waals surface area contributed by atoms with Gasteiger partial charge < -0.3 is 0 Å². The molecule has 0 atom stereocenters. The summed E-state index contributed by atoms with van der Waals surface area (Å²) in [7, 11) is -2.68. The van der Waals surface area contributed by atoms with Crippen LogP contribution >= 0.6 is 11.3 Å². The van der Waals surface area contributed by atoms with E-state index in [1.165, 1.54) is 0 Å². The van der Waals surface area contributed by atoms with Crippen molar-refractivity contribution in [2.75, 3.05) is 4.72 Å². The Kier molecular flexibility index (Phi) is 5.00. The molecule has 1 heterocycles. The van der Waals surface area contributed by atoms with Gasteiger partial charge in [-0.15, -0.1) is 11.3 Å². The molecule has 0 aliphatic carbocycles. The average Bonchev–Trinajstić information content (AvgIpc) is 3.19. The molecule has 6 heteroatoms. The summed E-state index contributed by atoms with van der Waals surface area (Å²) in [5.74, 6) is 0. The first-order valence-electron chi connectivity index (χ1n) is 8.32. The highest BCUT2D eigenvalue weighted by Crippen LogP contribution is 2.31. The number of aromatic nitrogens is 1. The molecule has 0 aliphatic heterocycles. The van der Waals surface area contributed by atoms with Crippen molar-refractivity contribution in [3.8, 4) is 33.0 Å². The number of nitrogens with zero attached hydrogens (tertiary/aromatic N) is 1. The molecular weight excluding hydrogens is 376 g/mol. The molecule has 0 saturated carbocycles. The zero-order valence-electron chi connectivity index (χ0n) is 14.2. The number of rotatable bonds is 5. The molecule has 0 bridgehead atoms. The number of hydrogen-bond acceptors (Lipinski definition) is 4. The van der Waals surface area contributed by atoms with E-state index in [2.05, 4.69) is 28.3 Å². The van der Waals surface area contributed by atoms with Crippen molar-refractivity contribution in [2.24, 2.45) is 0 Å². The zero-order chi connectivity index (χ0) is 18.6. The van der Waals surface area contributed by atoms with Crippen molar-refractivity contribution < 1.29 is 8.42 Å². The summed E-state index contributed by atoms with van der Waals surface area (Å²) in [6.45, 7) is 0. The third-order valence-electron chi connectivity index (χ3n) is 4.10. The van der Waals surface area contributed by atoms with E-state index >= 15 is 0 Å². The number of benzene rings is 3. The Labute approximate surface area is 163 Å². The van der Waals surface area contributed by atoms with E-state index in [-0.39, 0.29) is 0 Å². The van der Waals surface area contributed by atoms with Crippen LogP contribution in [0.3, 0.4) is 0 Å². The Morgan fingerprint density at radius 3 is 2.19 bits per heavy atom. The summed E-state index contributed by atoms with van der Waals surface area (Å²) in [5, 5.41) is 3.04. The van der Waals surface area contributed by atoms with Gasteiger partial charge in [0.1, 0.15) is 5.01 Å². The van der Waals surface area contributed by atoms with Gasteiger partial charge in [-0.2, -0.15) is 0 Å². The highest BCUT2D eigenvalue weighted by molar-refractivity contribution is 7.73. The summed E-state index contributed by atoms with van der Waals surface area (Å²) in [6.07, 6.45) is 0. The van der Waals surface area contributed by atoms with Crippen molar-refractivity contribution in [2.45, 2.75) is 0 Å². The molecule has 4 aromatic rings. The van der Waals surface area contributed by atoms with E-state index in [1.807, 2.05) is 54.6 Å². The summed E-state index contributed by atoms with van der Waals surface area (Å²) < 4.78 is 24.2. The van der Waals surface area contributed by atoms with Gasteiger partial charge in [0.15, 0.2) is 0 Å². The van der Waals surface area contributed by atoms with Crippen LogP contribution in [0.2, 0.25) is 0 Å². The number of thiazole rings is 1. The van der Waals surface area contributed by atoms with E-state index in [0.29, 0.717) is 5.69 Å². The van der Waals surface area contributed by atoms with Gasteiger partial charge in [-0.05, 0) is 29.3 Å². The van der Waals surface area contributed by atoms with Crippen molar-refractivity contribution >= 4 is 27.9 Å². The first kappa shape index (κ1) is 17.5. The summed E-state index contributed by atoms with van der Waals surface area (Å²) in [4.78, 5) is 4.77. The van der Waals surface area contributed by atoms with Gasteiger partial charge in [-0.25, -0.2) is 13.4 Å². The molecule has 0 spiro atoms. The van der Waals surface area contributed by atoms with Crippen molar-refractivity contribution in [1.82, 2.24) is 4.98 Å². The summed E-state index contributed by atoms with van der Waals surface area (Å²) in [5.41, 5.74) is 5.56. The molecule has 4 rings (SSSR count). The third-order valence-corrected chi connectivity index (χ3v) is 5.43. The van der Waals surface area contributed by atoms with Gasteiger partial charge in [0.05, 0.1) is 5.69 Å². The molecule has 0 unspecified atom stereocenters. The quantitative estimate of drug-likeness (QED) is 0.466. The molecule has 1 aromatic heterocycles. The SMILES string of the molecule is O=[SH](=O)Nc1cccc(-c2cccc(-c3csc(-c4ccccc4)n3)c2)c1. The Balaban J connectivity index is 1.67. The van der Waals surface area contributed by atoms with Crippen molar-refractivity contribution in [1.29, 1.82) is 0 Å². The predicted octanol–water partition coefficient (Wildman–Crippen LogP) is 5.08. The highest BCUT2D eigenvalue weighted by Gasteiger charge is 2.08. The minimum absolute atomic E-state index is 0.550. The van der Waals surface area contributed by atoms with Gasteiger partial charge >= 0.3 is 0 Å². The van der Waals surface area contributed by atoms with Crippen LogP contribution in [0.5, 0.6) is 0 Å². The first-order valence-corrected chi connectivity index (χ1v) is 10.4. The number of nitrogens with one attached hydrogen (secondary N) is 1. The lowest BCUT2D eigenvalue weighted by Gasteiger charge is -2.06. The third kappa shape index (κ3) is 4.07. The van der Waals surface area contributed by atoms with E-state index in [1.54, 1.807) is 17.4 Å². The summed E-state index contributed by atoms with van der Waals surface area (Å²) >= 11 is 1.62. The second-order valence-electron chi connectivity index (χ2n) is 5.93. The fourth-order valence-corrected chi connectivity index (χ4v) is 4.04. The monoisotopic (exact) mass is 392 g/mol. The number of anilines is 1. The largest absolute Gasteiger partial charge is 0.286 e. The maximum atomic E-state index is 10.9. The molecule has 3 aromatic carbocycles. The second kappa shape index (κ2) is 7.73. The predicted molar refractivity (Wildman–Crippen MR) is 112 cm³/mol. The standard InChI is InChI=1S/C21H16N2O2S2/c24-27(25)23-19-11-5-9-17(13-19)16-8-4-10-18(12-16)20-14-26-21(22-20)15-6-2-1-3-7-15/h1-14,27H,(H,23,24,25). The Morgan fingerprint density at radius 1 is 0.741 bits per heavy atom. The fourth-order valence-electron chi connectivity index (χ4n) is 2.85. The molecule has 1 N–H and O–H groups in total. The fraction of sp³-hybridized carbons (Fsp3) is 0. The lowest BCUT2D eigenvalue weighted by atomic mass is 10.0. The van der Waals surface area contributed by atoms with E-state index in [0.717, 1.165) is 33.0 Å². The molecule has 0 aliphatic rings. The van der Waals surface area contributed by atoms with Crippen LogP contribution in [0.15, 0.2) is 84.2 Å². The van der Waals surface area contributed by atoms with Gasteiger partial charge in [0.25, 0.3) is 0 Å². The van der Waals surface area contributed by atoms with E-state index in [4.69, 9.17) is 4.98 Å². The van der Waals surface area contributed by atoms with Crippen LogP contribution in [0.25, 0.3) is 33.0 Å². The molecule has 27 heavy (non-hydrogen) atoms. The van der Waals surface area contributed by atoms with Crippen molar-refractivity contribution in [3.05, 3.63) is 84.2 Å². The minimum atomic E-state index is -2.68. The topological polar surface area (TPSA) is 59.1 Å². The van der Waals surface area contributed by atoms with Gasteiger partial charge in [0.2, 0.25) is 10.9 Å². The minimum Gasteiger partial charge on any atom is -0.286 e. The number of hydrogen-bond donors (Lipinski definition) is 2. The van der Waals surface area contributed by atoms with Crippen LogP contribution < -0.4 is 4.72 Å². The Morgan fingerprint density at radius 2 is 1.41 bits per heavy atom. The highest BCUT2D eigenvalue weighted by atomic mass is 32.2. The average molecular weight is 393 g/mol. The van der Waals surface area contributed by atoms with Crippen LogP contribution in [0.1, 0.15) is 0 Å². The molecular formula is C21H16N2O2S2. The van der Waals surface area contributed by atoms with Crippen LogP contribution in [0, 0.1) is 0 Å². The molecule has 0 radical (unpaired) electrons. The maximum absolute atomic E-state index is 10.9. The molecule has 0 fully saturated rings. The van der Waals surface area contributed by atoms with Crippen LogP contribution in [0.4, 0.5) is 5.69 Å². The Hall–Kier alpha value is -2.96. The smallest absolute Gasteiger partial charge is 0.222 e. The normalized spacial score (nSPS) is 10.9. The Bertz CT molecular complexity index is 1140. The maximum Gasteiger partial charge on any atom is 0.222 e. The zero-order valence-corrected chi connectivity index (χ0v) is 15.9. The van der Waals surface area contributed by atoms with Gasteiger partial charge in [-0.1, -0.05) is 60.7 Å². The second-order valence-corrected chi connectivity index (χ2v) is 7.53.